The molecule has 0 unspecified atom stereocenters. The standard InChI is InChI=1S/C26H23FN2O3/c1-32-20-6-4-5-16(15-20)24-23(25(30)28-18-11-9-17(27)10-12-18)21-7-2-3-8-22(21)26(31)29(24)19-13-14-19/h2-12,15,19,23-24H,13-14H2,1H3,(H,28,30)/t23-,24-/m1/s1. The molecule has 2 atom stereocenters. The Morgan fingerprint density at radius 2 is 1.78 bits per heavy atom. The Morgan fingerprint density at radius 3 is 2.50 bits per heavy atom. The zero-order valence-corrected chi connectivity index (χ0v) is 17.6. The summed E-state index contributed by atoms with van der Waals surface area (Å²) in [5, 5.41) is 2.93. The molecule has 1 fully saturated rings. The van der Waals surface area contributed by atoms with Crippen LogP contribution in [0.3, 0.4) is 0 Å². The molecule has 1 N–H and O–H groups in total. The number of fused-ring (bicyclic) bond motifs is 1. The van der Waals surface area contributed by atoms with Crippen LogP contribution < -0.4 is 10.1 Å². The summed E-state index contributed by atoms with van der Waals surface area (Å²) >= 11 is 0. The maximum absolute atomic E-state index is 13.7. The number of ether oxygens (including phenoxy) is 1. The Bertz CT molecular complexity index is 1170. The van der Waals surface area contributed by atoms with Gasteiger partial charge in [0.15, 0.2) is 0 Å². The largest absolute Gasteiger partial charge is 0.497 e. The van der Waals surface area contributed by atoms with Crippen LogP contribution in [0.1, 0.15) is 46.3 Å². The van der Waals surface area contributed by atoms with Crippen molar-refractivity contribution in [3.8, 4) is 5.75 Å². The van der Waals surface area contributed by atoms with Crippen LogP contribution in [-0.2, 0) is 4.79 Å². The summed E-state index contributed by atoms with van der Waals surface area (Å²) < 4.78 is 18.8. The van der Waals surface area contributed by atoms with Gasteiger partial charge in [0.2, 0.25) is 5.91 Å². The first-order valence-corrected chi connectivity index (χ1v) is 10.7. The highest BCUT2D eigenvalue weighted by Crippen LogP contribution is 2.48. The van der Waals surface area contributed by atoms with Crippen LogP contribution in [0.4, 0.5) is 10.1 Å². The van der Waals surface area contributed by atoms with E-state index in [0.29, 0.717) is 22.6 Å². The zero-order valence-electron chi connectivity index (χ0n) is 17.6. The Labute approximate surface area is 185 Å². The first kappa shape index (κ1) is 20.2. The van der Waals surface area contributed by atoms with E-state index in [1.165, 1.54) is 24.3 Å². The number of anilines is 1. The van der Waals surface area contributed by atoms with Crippen LogP contribution >= 0.6 is 0 Å². The Balaban J connectivity index is 1.63. The summed E-state index contributed by atoms with van der Waals surface area (Å²) in [6, 6.07) is 20.2. The minimum atomic E-state index is -0.623. The molecule has 0 bridgehead atoms. The predicted octanol–water partition coefficient (Wildman–Crippen LogP) is 4.92. The topological polar surface area (TPSA) is 58.6 Å². The number of nitrogens with one attached hydrogen (secondary N) is 1. The van der Waals surface area contributed by atoms with E-state index in [1.807, 2.05) is 47.4 Å². The number of hydrogen-bond donors (Lipinski definition) is 1. The molecule has 0 saturated heterocycles. The predicted molar refractivity (Wildman–Crippen MR) is 119 cm³/mol. The highest BCUT2D eigenvalue weighted by Gasteiger charge is 2.49. The van der Waals surface area contributed by atoms with Crippen molar-refractivity contribution in [2.75, 3.05) is 12.4 Å². The molecule has 2 aliphatic rings. The molecule has 3 aromatic carbocycles. The zero-order chi connectivity index (χ0) is 22.2. The molecule has 32 heavy (non-hydrogen) atoms. The normalized spacial score (nSPS) is 19.9. The van der Waals surface area contributed by atoms with Crippen molar-refractivity contribution >= 4 is 17.5 Å². The second-order valence-corrected chi connectivity index (χ2v) is 8.23. The molecule has 1 heterocycles. The van der Waals surface area contributed by atoms with Crippen LogP contribution in [0.25, 0.3) is 0 Å². The third kappa shape index (κ3) is 3.62. The van der Waals surface area contributed by atoms with Crippen molar-refractivity contribution in [3.63, 3.8) is 0 Å². The molecule has 1 aliphatic carbocycles. The van der Waals surface area contributed by atoms with Crippen molar-refractivity contribution in [2.45, 2.75) is 30.8 Å². The van der Waals surface area contributed by atoms with Gasteiger partial charge in [0, 0.05) is 17.3 Å². The third-order valence-corrected chi connectivity index (χ3v) is 6.15. The highest BCUT2D eigenvalue weighted by molar-refractivity contribution is 6.04. The maximum atomic E-state index is 13.7. The number of nitrogens with zero attached hydrogens (tertiary/aromatic N) is 1. The average molecular weight is 430 g/mol. The summed E-state index contributed by atoms with van der Waals surface area (Å²) in [6.45, 7) is 0. The molecule has 3 aromatic rings. The van der Waals surface area contributed by atoms with E-state index in [0.717, 1.165) is 18.4 Å². The number of amides is 2. The molecule has 1 saturated carbocycles. The first-order chi connectivity index (χ1) is 15.6. The number of benzene rings is 3. The van der Waals surface area contributed by atoms with Crippen molar-refractivity contribution < 1.29 is 18.7 Å². The van der Waals surface area contributed by atoms with Crippen molar-refractivity contribution in [1.82, 2.24) is 4.90 Å². The van der Waals surface area contributed by atoms with Crippen LogP contribution in [0, 0.1) is 5.82 Å². The first-order valence-electron chi connectivity index (χ1n) is 10.7. The molecule has 1 aliphatic heterocycles. The van der Waals surface area contributed by atoms with Gasteiger partial charge < -0.3 is 15.0 Å². The fraction of sp³-hybridized carbons (Fsp3) is 0.231. The van der Waals surface area contributed by atoms with E-state index in [1.54, 1.807) is 13.2 Å². The smallest absolute Gasteiger partial charge is 0.254 e. The summed E-state index contributed by atoms with van der Waals surface area (Å²) in [7, 11) is 1.60. The molecular weight excluding hydrogens is 407 g/mol. The molecule has 0 spiro atoms. The van der Waals surface area contributed by atoms with Crippen LogP contribution in [0.15, 0.2) is 72.8 Å². The SMILES string of the molecule is COc1cccc([C@@H]2[C@H](C(=O)Nc3ccc(F)cc3)c3ccccc3C(=O)N2C2CC2)c1. The number of rotatable bonds is 5. The van der Waals surface area contributed by atoms with Crippen molar-refractivity contribution in [2.24, 2.45) is 0 Å². The Hall–Kier alpha value is -3.67. The lowest BCUT2D eigenvalue weighted by atomic mass is 9.79. The molecule has 0 aromatic heterocycles. The van der Waals surface area contributed by atoms with E-state index >= 15 is 0 Å². The van der Waals surface area contributed by atoms with Gasteiger partial charge in [-0.3, -0.25) is 9.59 Å². The van der Waals surface area contributed by atoms with Crippen molar-refractivity contribution in [3.05, 3.63) is 95.3 Å². The Morgan fingerprint density at radius 1 is 1.03 bits per heavy atom. The van der Waals surface area contributed by atoms with E-state index in [9.17, 15) is 14.0 Å². The Kier molecular flexibility index (Phi) is 5.13. The molecule has 0 radical (unpaired) electrons. The average Bonchev–Trinajstić information content (AvgIpc) is 3.65. The van der Waals surface area contributed by atoms with Gasteiger partial charge in [0.25, 0.3) is 5.91 Å². The number of carbonyl (C=O) groups is 2. The summed E-state index contributed by atoms with van der Waals surface area (Å²) in [5.74, 6) is -0.619. The molecule has 5 nitrogen and oxygen atoms in total. The molecular formula is C26H23FN2O3. The lowest BCUT2D eigenvalue weighted by Gasteiger charge is -2.42. The van der Waals surface area contributed by atoms with Gasteiger partial charge in [0.05, 0.1) is 19.1 Å². The van der Waals surface area contributed by atoms with Gasteiger partial charge in [-0.15, -0.1) is 0 Å². The third-order valence-electron chi connectivity index (χ3n) is 6.15. The van der Waals surface area contributed by atoms with Crippen LogP contribution in [-0.4, -0.2) is 29.9 Å². The molecule has 5 rings (SSSR count). The van der Waals surface area contributed by atoms with Crippen molar-refractivity contribution in [1.29, 1.82) is 0 Å². The van der Waals surface area contributed by atoms with Crippen LogP contribution in [0.2, 0.25) is 0 Å². The van der Waals surface area contributed by atoms with Gasteiger partial charge in [-0.2, -0.15) is 0 Å². The second kappa shape index (κ2) is 8.11. The second-order valence-electron chi connectivity index (χ2n) is 8.23. The van der Waals surface area contributed by atoms with Gasteiger partial charge in [-0.1, -0.05) is 30.3 Å². The van der Waals surface area contributed by atoms with Gasteiger partial charge in [-0.05, 0) is 66.4 Å². The minimum absolute atomic E-state index is 0.0539. The maximum Gasteiger partial charge on any atom is 0.254 e. The monoisotopic (exact) mass is 430 g/mol. The minimum Gasteiger partial charge on any atom is -0.497 e. The van der Waals surface area contributed by atoms with E-state index < -0.39 is 12.0 Å². The number of carbonyl (C=O) groups excluding carboxylic acids is 2. The lowest BCUT2D eigenvalue weighted by molar-refractivity contribution is -0.119. The number of hydrogen-bond acceptors (Lipinski definition) is 3. The van der Waals surface area contributed by atoms with Gasteiger partial charge in [0.1, 0.15) is 11.6 Å². The van der Waals surface area contributed by atoms with E-state index in [2.05, 4.69) is 5.32 Å². The van der Waals surface area contributed by atoms with Crippen LogP contribution in [0.5, 0.6) is 5.75 Å². The molecule has 2 amide bonds. The number of halogens is 1. The van der Waals surface area contributed by atoms with E-state index in [4.69, 9.17) is 4.74 Å². The fourth-order valence-corrected chi connectivity index (χ4v) is 4.52. The molecule has 162 valence electrons. The highest BCUT2D eigenvalue weighted by atomic mass is 19.1. The quantitative estimate of drug-likeness (QED) is 0.625. The van der Waals surface area contributed by atoms with E-state index in [-0.39, 0.29) is 23.7 Å². The summed E-state index contributed by atoms with van der Waals surface area (Å²) in [5.41, 5.74) is 2.60. The lowest BCUT2D eigenvalue weighted by Crippen LogP contribution is -2.47. The molecule has 6 heteroatoms. The number of methoxy groups -OCH3 is 1. The fourth-order valence-electron chi connectivity index (χ4n) is 4.52. The summed E-state index contributed by atoms with van der Waals surface area (Å²) in [4.78, 5) is 29.1. The van der Waals surface area contributed by atoms with Gasteiger partial charge in [-0.25, -0.2) is 4.39 Å². The van der Waals surface area contributed by atoms with Gasteiger partial charge >= 0.3 is 0 Å². The summed E-state index contributed by atoms with van der Waals surface area (Å²) in [6.07, 6.45) is 1.83.